The summed E-state index contributed by atoms with van der Waals surface area (Å²) in [5.41, 5.74) is -0.248. The molecule has 0 radical (unpaired) electrons. The fourth-order valence-electron chi connectivity index (χ4n) is 2.85. The fourth-order valence-corrected chi connectivity index (χ4v) is 2.85. The highest BCUT2D eigenvalue weighted by Crippen LogP contribution is 2.45. The molecule has 0 saturated carbocycles. The van der Waals surface area contributed by atoms with E-state index in [1.165, 1.54) is 7.05 Å². The third kappa shape index (κ3) is 2.59. The van der Waals surface area contributed by atoms with Crippen molar-refractivity contribution >= 4 is 17.1 Å². The molecule has 128 valence electrons. The van der Waals surface area contributed by atoms with E-state index >= 15 is 0 Å². The molecule has 0 fully saturated rings. The molecule has 3 aromatic carbocycles. The van der Waals surface area contributed by atoms with Crippen LogP contribution in [0.15, 0.2) is 60.7 Å². The van der Waals surface area contributed by atoms with E-state index in [4.69, 9.17) is 0 Å². The summed E-state index contributed by atoms with van der Waals surface area (Å²) in [7, 11) is 1.38. The first-order valence-corrected chi connectivity index (χ1v) is 7.38. The largest absolute Gasteiger partial charge is 0.226 e. The Hall–Kier alpha value is -2.73. The van der Waals surface area contributed by atoms with E-state index in [2.05, 4.69) is 0 Å². The maximum Gasteiger partial charge on any atom is 0.226 e. The number of benzene rings is 3. The van der Waals surface area contributed by atoms with Gasteiger partial charge in [0, 0.05) is 0 Å². The summed E-state index contributed by atoms with van der Waals surface area (Å²) < 4.78 is 69.4. The zero-order valence-corrected chi connectivity index (χ0v) is 13.1. The summed E-state index contributed by atoms with van der Waals surface area (Å²) in [4.78, 5) is 0. The Morgan fingerprint density at radius 2 is 0.840 bits per heavy atom. The Kier molecular flexibility index (Phi) is 4.30. The van der Waals surface area contributed by atoms with Crippen LogP contribution in [0.2, 0.25) is 0 Å². The van der Waals surface area contributed by atoms with Crippen LogP contribution in [0.5, 0.6) is 0 Å². The van der Waals surface area contributed by atoms with Gasteiger partial charge in [0.2, 0.25) is 34.8 Å². The highest BCUT2D eigenvalue weighted by molar-refractivity contribution is 5.71. The number of quaternary nitrogens is 1. The number of nitrogens with zero attached hydrogens (tertiary/aromatic N) is 1. The number of halogens is 5. The summed E-state index contributed by atoms with van der Waals surface area (Å²) in [5.74, 6) is -9.82. The lowest BCUT2D eigenvalue weighted by atomic mass is 10.1. The van der Waals surface area contributed by atoms with Crippen molar-refractivity contribution in [3.63, 3.8) is 0 Å². The molecule has 0 bridgehead atoms. The average Bonchev–Trinajstić information content (AvgIpc) is 2.66. The second kappa shape index (κ2) is 6.29. The Balaban J connectivity index is 2.44. The summed E-state index contributed by atoms with van der Waals surface area (Å²) in [6.45, 7) is 0. The van der Waals surface area contributed by atoms with Gasteiger partial charge >= 0.3 is 0 Å². The van der Waals surface area contributed by atoms with Crippen molar-refractivity contribution in [3.05, 3.63) is 89.7 Å². The lowest BCUT2D eigenvalue weighted by Gasteiger charge is -2.33. The van der Waals surface area contributed by atoms with Gasteiger partial charge < -0.3 is 0 Å². The van der Waals surface area contributed by atoms with E-state index in [1.807, 2.05) is 0 Å². The summed E-state index contributed by atoms with van der Waals surface area (Å²) >= 11 is 0. The van der Waals surface area contributed by atoms with Crippen molar-refractivity contribution in [1.82, 2.24) is 4.48 Å². The third-order valence-electron chi connectivity index (χ3n) is 4.18. The zero-order valence-electron chi connectivity index (χ0n) is 13.1. The van der Waals surface area contributed by atoms with E-state index in [0.29, 0.717) is 11.4 Å². The lowest BCUT2D eigenvalue weighted by Crippen LogP contribution is -2.36. The van der Waals surface area contributed by atoms with Crippen molar-refractivity contribution in [2.24, 2.45) is 0 Å². The standard InChI is InChI=1S/C19H13F5N/c1-25(12-8-4-2-5-9-12,13-10-6-3-7-11-13)19-17(23)15(21)14(20)16(22)18(19)24/h2-11H,1H3/q+1. The van der Waals surface area contributed by atoms with Crippen LogP contribution in [-0.4, -0.2) is 7.05 Å². The Labute approximate surface area is 141 Å². The van der Waals surface area contributed by atoms with Crippen LogP contribution in [0, 0.1) is 29.1 Å². The molecule has 0 aliphatic heterocycles. The van der Waals surface area contributed by atoms with Gasteiger partial charge in [0.1, 0.15) is 11.4 Å². The minimum Gasteiger partial charge on any atom is -0.224 e. The summed E-state index contributed by atoms with van der Waals surface area (Å²) in [6.07, 6.45) is 0. The van der Waals surface area contributed by atoms with E-state index in [1.54, 1.807) is 60.7 Å². The molecule has 0 aliphatic rings. The first-order chi connectivity index (χ1) is 11.9. The molecule has 3 aromatic rings. The summed E-state index contributed by atoms with van der Waals surface area (Å²) in [5, 5.41) is 0. The van der Waals surface area contributed by atoms with Gasteiger partial charge in [-0.25, -0.2) is 17.7 Å². The molecule has 0 atom stereocenters. The topological polar surface area (TPSA) is 0 Å². The second-order valence-electron chi connectivity index (χ2n) is 5.60. The molecule has 0 amide bonds. The molecular formula is C19H13F5N+. The smallest absolute Gasteiger partial charge is 0.224 e. The molecule has 1 nitrogen and oxygen atoms in total. The van der Waals surface area contributed by atoms with Gasteiger partial charge in [0.15, 0.2) is 0 Å². The average molecular weight is 350 g/mol. The Morgan fingerprint density at radius 3 is 1.20 bits per heavy atom. The molecular weight excluding hydrogens is 337 g/mol. The van der Waals surface area contributed by atoms with Crippen LogP contribution in [0.25, 0.3) is 0 Å². The van der Waals surface area contributed by atoms with E-state index in [-0.39, 0.29) is 0 Å². The monoisotopic (exact) mass is 350 g/mol. The van der Waals surface area contributed by atoms with Crippen LogP contribution in [-0.2, 0) is 0 Å². The van der Waals surface area contributed by atoms with Gasteiger partial charge in [-0.2, -0.15) is 8.78 Å². The predicted octanol–water partition coefficient (Wildman–Crippen LogP) is 5.98. The SMILES string of the molecule is C[N+](c1ccccc1)(c1ccccc1)c1c(F)c(F)c(F)c(F)c1F. The first kappa shape index (κ1) is 17.1. The van der Waals surface area contributed by atoms with Crippen molar-refractivity contribution in [1.29, 1.82) is 0 Å². The number of para-hydroxylation sites is 2. The van der Waals surface area contributed by atoms with E-state index in [9.17, 15) is 22.0 Å². The van der Waals surface area contributed by atoms with Crippen LogP contribution in [0.1, 0.15) is 0 Å². The van der Waals surface area contributed by atoms with Crippen LogP contribution in [0.4, 0.5) is 39.0 Å². The van der Waals surface area contributed by atoms with Crippen molar-refractivity contribution in [2.45, 2.75) is 0 Å². The van der Waals surface area contributed by atoms with Gasteiger partial charge in [-0.15, -0.1) is 0 Å². The van der Waals surface area contributed by atoms with Crippen molar-refractivity contribution < 1.29 is 22.0 Å². The van der Waals surface area contributed by atoms with Gasteiger partial charge in [-0.1, -0.05) is 36.4 Å². The molecule has 0 heterocycles. The number of rotatable bonds is 3. The minimum atomic E-state index is -2.17. The predicted molar refractivity (Wildman–Crippen MR) is 86.2 cm³/mol. The molecule has 0 aromatic heterocycles. The van der Waals surface area contributed by atoms with Crippen LogP contribution < -0.4 is 4.48 Å². The molecule has 0 unspecified atom stereocenters. The fraction of sp³-hybridized carbons (Fsp3) is 0.0526. The highest BCUT2D eigenvalue weighted by Gasteiger charge is 2.42. The van der Waals surface area contributed by atoms with Gasteiger partial charge in [0.25, 0.3) is 0 Å². The number of hydrogen-bond acceptors (Lipinski definition) is 0. The quantitative estimate of drug-likeness (QED) is 0.236. The zero-order chi connectivity index (χ0) is 18.2. The first-order valence-electron chi connectivity index (χ1n) is 7.38. The second-order valence-corrected chi connectivity index (χ2v) is 5.60. The maximum absolute atomic E-state index is 14.5. The molecule has 0 aliphatic carbocycles. The van der Waals surface area contributed by atoms with E-state index < -0.39 is 39.3 Å². The Bertz CT molecular complexity index is 842. The van der Waals surface area contributed by atoms with Gasteiger partial charge in [-0.05, 0) is 24.3 Å². The number of hydrogen-bond donors (Lipinski definition) is 0. The summed E-state index contributed by atoms with van der Waals surface area (Å²) in [6, 6.07) is 16.1. The van der Waals surface area contributed by atoms with Crippen LogP contribution in [0.3, 0.4) is 0 Å². The molecule has 3 rings (SSSR count). The van der Waals surface area contributed by atoms with E-state index in [0.717, 1.165) is 0 Å². The maximum atomic E-state index is 14.5. The molecule has 0 N–H and O–H groups in total. The van der Waals surface area contributed by atoms with Gasteiger partial charge in [-0.3, -0.25) is 0 Å². The minimum absolute atomic E-state index is 0.344. The highest BCUT2D eigenvalue weighted by atomic mass is 19.2. The molecule has 0 saturated heterocycles. The molecule has 25 heavy (non-hydrogen) atoms. The molecule has 0 spiro atoms. The van der Waals surface area contributed by atoms with Crippen molar-refractivity contribution in [2.75, 3.05) is 7.05 Å². The Morgan fingerprint density at radius 1 is 0.520 bits per heavy atom. The lowest BCUT2D eigenvalue weighted by molar-refractivity contribution is 0.366. The van der Waals surface area contributed by atoms with Gasteiger partial charge in [0.05, 0.1) is 7.05 Å². The molecule has 6 heteroatoms. The normalized spacial score (nSPS) is 11.6. The third-order valence-corrected chi connectivity index (χ3v) is 4.18. The van der Waals surface area contributed by atoms with Crippen molar-refractivity contribution in [3.8, 4) is 0 Å². The van der Waals surface area contributed by atoms with Crippen LogP contribution >= 0.6 is 0 Å².